The Kier molecular flexibility index (Phi) is 18.7. The molecule has 246 valence electrons. The molecule has 3 unspecified atom stereocenters. The Morgan fingerprint density at radius 2 is 1.58 bits per heavy atom. The highest BCUT2D eigenvalue weighted by Crippen LogP contribution is 2.27. The van der Waals surface area contributed by atoms with Gasteiger partial charge in [0.2, 0.25) is 23.6 Å². The zero-order valence-electron chi connectivity index (χ0n) is 24.3. The Bertz CT molecular complexity index is 962. The first kappa shape index (κ1) is 39.5. The van der Waals surface area contributed by atoms with Gasteiger partial charge in [-0.2, -0.15) is 9.59 Å². The van der Waals surface area contributed by atoms with Crippen LogP contribution < -0.4 is 27.4 Å². The summed E-state index contributed by atoms with van der Waals surface area (Å²) in [5.74, 6) is -5.06. The number of hydrogen-bond acceptors (Lipinski definition) is 13. The van der Waals surface area contributed by atoms with Crippen molar-refractivity contribution in [3.8, 4) is 0 Å². The number of aliphatic carboxylic acids is 1. The van der Waals surface area contributed by atoms with Crippen LogP contribution in [0, 0.1) is 5.92 Å². The first-order chi connectivity index (χ1) is 20.1. The molecule has 0 saturated carbocycles. The Balaban J connectivity index is 0.00000562. The number of primary amides is 1. The molecule has 0 spiro atoms. The van der Waals surface area contributed by atoms with Gasteiger partial charge in [0.05, 0.1) is 12.7 Å². The molecule has 11 N–H and O–H groups in total. The van der Waals surface area contributed by atoms with Gasteiger partial charge < -0.3 is 57.3 Å². The van der Waals surface area contributed by atoms with Crippen LogP contribution in [-0.4, -0.2) is 118 Å². The number of carboxylic acids is 1. The first-order valence-electron chi connectivity index (χ1n) is 13.5. The summed E-state index contributed by atoms with van der Waals surface area (Å²) in [4.78, 5) is 76.9. The van der Waals surface area contributed by atoms with Gasteiger partial charge in [-0.15, -0.1) is 0 Å². The molecule has 4 amide bonds. The number of carbonyl (C=O) groups is 5. The molecule has 18 nitrogen and oxygen atoms in total. The maximum Gasteiger partial charge on any atom is 0.373 e. The van der Waals surface area contributed by atoms with E-state index in [4.69, 9.17) is 30.5 Å². The van der Waals surface area contributed by atoms with Gasteiger partial charge in [0.25, 0.3) is 0 Å². The molecule has 0 aromatic carbocycles. The van der Waals surface area contributed by atoms with Crippen molar-refractivity contribution in [3.63, 3.8) is 0 Å². The van der Waals surface area contributed by atoms with E-state index in [0.717, 1.165) is 0 Å². The number of nitrogens with one attached hydrogen (secondary N) is 3. The number of ether oxygens (including phenoxy) is 2. The van der Waals surface area contributed by atoms with Crippen molar-refractivity contribution in [3.05, 3.63) is 0 Å². The summed E-state index contributed by atoms with van der Waals surface area (Å²) in [6, 6.07) is -3.56. The smallest absolute Gasteiger partial charge is 0.373 e. The summed E-state index contributed by atoms with van der Waals surface area (Å²) < 4.78 is 10.7. The molecule has 1 fully saturated rings. The van der Waals surface area contributed by atoms with E-state index in [-0.39, 0.29) is 25.4 Å². The second-order valence-corrected chi connectivity index (χ2v) is 9.90. The normalized spacial score (nSPS) is 24.0. The van der Waals surface area contributed by atoms with E-state index in [9.17, 15) is 44.4 Å². The van der Waals surface area contributed by atoms with Crippen molar-refractivity contribution in [1.82, 2.24) is 16.0 Å². The molecule has 1 heterocycles. The second-order valence-electron chi connectivity index (χ2n) is 9.90. The summed E-state index contributed by atoms with van der Waals surface area (Å²) in [5.41, 5.74) is 10.7. The Morgan fingerprint density at radius 3 is 2.09 bits per heavy atom. The van der Waals surface area contributed by atoms with Crippen LogP contribution in [0.3, 0.4) is 0 Å². The van der Waals surface area contributed by atoms with E-state index in [1.165, 1.54) is 20.8 Å². The van der Waals surface area contributed by atoms with Crippen LogP contribution in [0.25, 0.3) is 0 Å². The minimum absolute atomic E-state index is 0.183. The molecule has 0 aromatic heterocycles. The molecule has 0 radical (unpaired) electrons. The lowest BCUT2D eigenvalue weighted by Crippen LogP contribution is -2.58. The number of unbranched alkanes of at least 4 members (excludes halogenated alkanes) is 1. The zero-order valence-corrected chi connectivity index (χ0v) is 24.3. The van der Waals surface area contributed by atoms with Crippen LogP contribution in [0.4, 0.5) is 0 Å². The van der Waals surface area contributed by atoms with Crippen LogP contribution in [0.5, 0.6) is 0 Å². The number of carbonyl (C=O) groups excluding carboxylic acids is 6. The van der Waals surface area contributed by atoms with E-state index in [2.05, 4.69) is 16.0 Å². The highest BCUT2D eigenvalue weighted by Gasteiger charge is 2.44. The predicted molar refractivity (Wildman–Crippen MR) is 143 cm³/mol. The third-order valence-corrected chi connectivity index (χ3v) is 6.56. The summed E-state index contributed by atoms with van der Waals surface area (Å²) in [7, 11) is 0. The molecule has 0 aliphatic carbocycles. The molecule has 1 aliphatic rings. The monoisotopic (exact) mass is 621 g/mol. The minimum atomic E-state index is -1.34. The molecule has 18 heteroatoms. The van der Waals surface area contributed by atoms with Gasteiger partial charge in [-0.05, 0) is 46.1 Å². The van der Waals surface area contributed by atoms with E-state index >= 15 is 0 Å². The fourth-order valence-corrected chi connectivity index (χ4v) is 3.99. The van der Waals surface area contributed by atoms with Crippen LogP contribution in [0.2, 0.25) is 0 Å². The SMILES string of the molecule is C[C@H](NC(=O)[C@@H](C)O[C@H]1C(O)C(CO)OC(O)[C@H]1C)C(=O)N[C@H](CCC(=O)N[C@@H](CCCCN)C(=O)O)C(N)=O.O=C=O. The van der Waals surface area contributed by atoms with Crippen molar-refractivity contribution in [2.45, 2.75) is 102 Å². The Morgan fingerprint density at radius 1 is 0.977 bits per heavy atom. The third-order valence-electron chi connectivity index (χ3n) is 6.56. The average Bonchev–Trinajstić information content (AvgIpc) is 2.94. The fourth-order valence-electron chi connectivity index (χ4n) is 3.99. The van der Waals surface area contributed by atoms with Crippen molar-refractivity contribution < 1.29 is 63.5 Å². The molecular formula is C25H43N5O13. The highest BCUT2D eigenvalue weighted by molar-refractivity contribution is 5.92. The van der Waals surface area contributed by atoms with Crippen LogP contribution in [-0.2, 0) is 43.0 Å². The van der Waals surface area contributed by atoms with Crippen molar-refractivity contribution in [2.75, 3.05) is 13.2 Å². The predicted octanol–water partition coefficient (Wildman–Crippen LogP) is -4.16. The summed E-state index contributed by atoms with van der Waals surface area (Å²) in [6.45, 7) is 4.03. The molecule has 1 saturated heterocycles. The number of hydrogen-bond donors (Lipinski definition) is 9. The molecular weight excluding hydrogens is 578 g/mol. The van der Waals surface area contributed by atoms with Gasteiger partial charge in [0.15, 0.2) is 6.29 Å². The lowest BCUT2D eigenvalue weighted by atomic mass is 9.92. The van der Waals surface area contributed by atoms with Crippen molar-refractivity contribution in [1.29, 1.82) is 0 Å². The average molecular weight is 622 g/mol. The number of aliphatic hydroxyl groups is 3. The standard InChI is InChI=1S/C24H43N5O11.CO2/c1-11-19(18(32)16(10-30)40-24(11)38)39-13(3)22(35)27-12(2)21(34)29-14(20(26)33)7-8-17(31)28-15(23(36)37)6-4-5-9-25;2-1-3/h11-16,18-19,24,30,32,38H,4-10,25H2,1-3H3,(H2,26,33)(H,27,35)(H,28,31)(H,29,34)(H,36,37);/t11-,12-,13+,14+,15-,16?,18?,19+,24?;/m0./s1. The second kappa shape index (κ2) is 20.4. The Labute approximate surface area is 247 Å². The number of nitrogens with two attached hydrogens (primary N) is 2. The summed E-state index contributed by atoms with van der Waals surface area (Å²) in [6.07, 6.45) is -5.02. The zero-order chi connectivity index (χ0) is 33.3. The largest absolute Gasteiger partial charge is 0.480 e. The summed E-state index contributed by atoms with van der Waals surface area (Å²) >= 11 is 0. The van der Waals surface area contributed by atoms with Crippen LogP contribution in [0.1, 0.15) is 52.9 Å². The van der Waals surface area contributed by atoms with E-state index in [0.29, 0.717) is 19.4 Å². The molecule has 1 rings (SSSR count). The van der Waals surface area contributed by atoms with Gasteiger partial charge in [0, 0.05) is 12.3 Å². The summed E-state index contributed by atoms with van der Waals surface area (Å²) in [5, 5.41) is 46.1. The molecule has 1 aliphatic heterocycles. The molecule has 9 atom stereocenters. The van der Waals surface area contributed by atoms with Gasteiger partial charge in [0.1, 0.15) is 36.4 Å². The number of carboxylic acid groups (broad SMARTS) is 1. The van der Waals surface area contributed by atoms with E-state index in [1.54, 1.807) is 0 Å². The van der Waals surface area contributed by atoms with Crippen molar-refractivity contribution in [2.24, 2.45) is 17.4 Å². The third kappa shape index (κ3) is 14.0. The van der Waals surface area contributed by atoms with Crippen LogP contribution in [0.15, 0.2) is 0 Å². The topological polar surface area (TPSA) is 307 Å². The first-order valence-corrected chi connectivity index (χ1v) is 13.5. The van der Waals surface area contributed by atoms with Gasteiger partial charge >= 0.3 is 12.1 Å². The number of amides is 4. The number of rotatable bonds is 17. The molecule has 0 aromatic rings. The van der Waals surface area contributed by atoms with Crippen LogP contribution >= 0.6 is 0 Å². The number of aliphatic hydroxyl groups excluding tert-OH is 3. The maximum absolute atomic E-state index is 12.6. The highest BCUT2D eigenvalue weighted by atomic mass is 16.6. The fraction of sp³-hybridized carbons (Fsp3) is 0.760. The quantitative estimate of drug-likeness (QED) is 0.0696. The molecule has 43 heavy (non-hydrogen) atoms. The lowest BCUT2D eigenvalue weighted by molar-refractivity contribution is -0.278. The lowest BCUT2D eigenvalue weighted by Gasteiger charge is -2.41. The van der Waals surface area contributed by atoms with Gasteiger partial charge in [-0.3, -0.25) is 19.2 Å². The molecule has 0 bridgehead atoms. The van der Waals surface area contributed by atoms with E-state index in [1.807, 2.05) is 0 Å². The van der Waals surface area contributed by atoms with Gasteiger partial charge in [-0.1, -0.05) is 6.92 Å². The minimum Gasteiger partial charge on any atom is -0.480 e. The van der Waals surface area contributed by atoms with E-state index < -0.39 is 91.0 Å². The van der Waals surface area contributed by atoms with Gasteiger partial charge in [-0.25, -0.2) is 4.79 Å². The van der Waals surface area contributed by atoms with Crippen molar-refractivity contribution >= 4 is 35.7 Å². The maximum atomic E-state index is 12.6. The Hall–Kier alpha value is -3.51.